The zero-order chi connectivity index (χ0) is 12.3. The maximum absolute atomic E-state index is 11.9. The van der Waals surface area contributed by atoms with Crippen molar-refractivity contribution < 1.29 is 8.42 Å². The second kappa shape index (κ2) is 5.49. The molecule has 0 aromatic heterocycles. The van der Waals surface area contributed by atoms with Gasteiger partial charge in [-0.25, -0.2) is 13.1 Å². The normalized spacial score (nSPS) is 12.1. The van der Waals surface area contributed by atoms with Crippen LogP contribution in [-0.4, -0.2) is 14.5 Å². The molecule has 0 aliphatic heterocycles. The van der Waals surface area contributed by atoms with Crippen LogP contribution in [0.15, 0.2) is 27.6 Å². The highest BCUT2D eigenvalue weighted by molar-refractivity contribution is 9.10. The van der Waals surface area contributed by atoms with E-state index in [0.717, 1.165) is 5.56 Å². The predicted molar refractivity (Wildman–Crippen MR) is 69.2 cm³/mol. The predicted octanol–water partition coefficient (Wildman–Crippen LogP) is 2.87. The Morgan fingerprint density at radius 3 is 2.50 bits per heavy atom. The smallest absolute Gasteiger partial charge is 0.209 e. The minimum atomic E-state index is -3.46. The minimum Gasteiger partial charge on any atom is -0.209 e. The fraction of sp³-hybridized carbons (Fsp3) is 0.400. The van der Waals surface area contributed by atoms with Crippen LogP contribution in [0, 0.1) is 0 Å². The molecule has 3 nitrogen and oxygen atoms in total. The molecule has 16 heavy (non-hydrogen) atoms. The quantitative estimate of drug-likeness (QED) is 0.865. The van der Waals surface area contributed by atoms with Crippen molar-refractivity contribution in [1.29, 1.82) is 0 Å². The molecule has 0 fully saturated rings. The molecule has 0 amide bonds. The molecule has 0 atom stereocenters. The van der Waals surface area contributed by atoms with Crippen LogP contribution in [0.3, 0.4) is 0 Å². The molecule has 1 N–H and O–H groups in total. The Hall–Kier alpha value is -0.100. The van der Waals surface area contributed by atoms with Gasteiger partial charge in [0.2, 0.25) is 10.0 Å². The Morgan fingerprint density at radius 2 is 2.06 bits per heavy atom. The first kappa shape index (κ1) is 14.0. The number of alkyl halides is 1. The first-order valence-electron chi connectivity index (χ1n) is 4.73. The zero-order valence-electron chi connectivity index (χ0n) is 9.00. The van der Waals surface area contributed by atoms with Crippen molar-refractivity contribution in [2.45, 2.75) is 30.7 Å². The number of sulfonamides is 1. The SMILES string of the molecule is CC(C)NS(=O)(=O)c1ccc(CCl)cc1Br. The summed E-state index contributed by atoms with van der Waals surface area (Å²) in [5.74, 6) is 0.358. The number of halogens is 2. The van der Waals surface area contributed by atoms with Gasteiger partial charge in [0.15, 0.2) is 0 Å². The van der Waals surface area contributed by atoms with Gasteiger partial charge >= 0.3 is 0 Å². The molecule has 0 aliphatic carbocycles. The van der Waals surface area contributed by atoms with Gasteiger partial charge in [-0.05, 0) is 47.5 Å². The van der Waals surface area contributed by atoms with Crippen molar-refractivity contribution in [3.63, 3.8) is 0 Å². The number of benzene rings is 1. The molecule has 0 saturated heterocycles. The van der Waals surface area contributed by atoms with E-state index in [2.05, 4.69) is 20.7 Å². The molecule has 1 aromatic carbocycles. The van der Waals surface area contributed by atoms with Crippen molar-refractivity contribution in [2.24, 2.45) is 0 Å². The lowest BCUT2D eigenvalue weighted by Crippen LogP contribution is -2.30. The highest BCUT2D eigenvalue weighted by Gasteiger charge is 2.18. The third kappa shape index (κ3) is 3.45. The highest BCUT2D eigenvalue weighted by Crippen LogP contribution is 2.24. The fourth-order valence-electron chi connectivity index (χ4n) is 1.22. The third-order valence-corrected chi connectivity index (χ3v) is 4.77. The average Bonchev–Trinajstić information content (AvgIpc) is 2.14. The van der Waals surface area contributed by atoms with Crippen molar-refractivity contribution in [3.8, 4) is 0 Å². The Balaban J connectivity index is 3.14. The van der Waals surface area contributed by atoms with Gasteiger partial charge in [-0.15, -0.1) is 11.6 Å². The molecule has 0 heterocycles. The lowest BCUT2D eigenvalue weighted by molar-refractivity contribution is 0.569. The summed E-state index contributed by atoms with van der Waals surface area (Å²) < 4.78 is 26.8. The van der Waals surface area contributed by atoms with Gasteiger partial charge in [0.25, 0.3) is 0 Å². The Kier molecular flexibility index (Phi) is 4.79. The van der Waals surface area contributed by atoms with Gasteiger partial charge in [0, 0.05) is 16.4 Å². The summed E-state index contributed by atoms with van der Waals surface area (Å²) in [4.78, 5) is 0.232. The highest BCUT2D eigenvalue weighted by atomic mass is 79.9. The van der Waals surface area contributed by atoms with E-state index in [1.54, 1.807) is 32.0 Å². The molecule has 1 aromatic rings. The van der Waals surface area contributed by atoms with Crippen molar-refractivity contribution >= 4 is 37.6 Å². The van der Waals surface area contributed by atoms with Crippen LogP contribution in [0.1, 0.15) is 19.4 Å². The van der Waals surface area contributed by atoms with Crippen molar-refractivity contribution in [3.05, 3.63) is 28.2 Å². The van der Waals surface area contributed by atoms with Crippen LogP contribution in [0.5, 0.6) is 0 Å². The first-order valence-corrected chi connectivity index (χ1v) is 7.54. The summed E-state index contributed by atoms with van der Waals surface area (Å²) in [5, 5.41) is 0. The van der Waals surface area contributed by atoms with Crippen LogP contribution in [-0.2, 0) is 15.9 Å². The van der Waals surface area contributed by atoms with E-state index in [1.165, 1.54) is 0 Å². The van der Waals surface area contributed by atoms with Crippen LogP contribution in [0.25, 0.3) is 0 Å². The number of hydrogen-bond donors (Lipinski definition) is 1. The van der Waals surface area contributed by atoms with Gasteiger partial charge in [0.1, 0.15) is 0 Å². The topological polar surface area (TPSA) is 46.2 Å². The molecular weight excluding hydrogens is 314 g/mol. The van der Waals surface area contributed by atoms with Gasteiger partial charge in [-0.2, -0.15) is 0 Å². The van der Waals surface area contributed by atoms with Gasteiger partial charge in [-0.3, -0.25) is 0 Å². The molecule has 0 saturated carbocycles. The second-order valence-electron chi connectivity index (χ2n) is 3.67. The van der Waals surface area contributed by atoms with E-state index in [0.29, 0.717) is 10.4 Å². The van der Waals surface area contributed by atoms with Crippen molar-refractivity contribution in [2.75, 3.05) is 0 Å². The largest absolute Gasteiger partial charge is 0.241 e. The van der Waals surface area contributed by atoms with Gasteiger partial charge < -0.3 is 0 Å². The van der Waals surface area contributed by atoms with E-state index < -0.39 is 10.0 Å². The summed E-state index contributed by atoms with van der Waals surface area (Å²) in [7, 11) is -3.46. The average molecular weight is 327 g/mol. The van der Waals surface area contributed by atoms with Crippen LogP contribution in [0.2, 0.25) is 0 Å². The molecule has 0 unspecified atom stereocenters. The summed E-state index contributed by atoms with van der Waals surface area (Å²) in [6.07, 6.45) is 0. The van der Waals surface area contributed by atoms with Crippen LogP contribution < -0.4 is 4.72 Å². The van der Waals surface area contributed by atoms with Crippen LogP contribution in [0.4, 0.5) is 0 Å². The number of nitrogens with one attached hydrogen (secondary N) is 1. The molecular formula is C10H13BrClNO2S. The number of hydrogen-bond acceptors (Lipinski definition) is 2. The third-order valence-electron chi connectivity index (χ3n) is 1.83. The number of rotatable bonds is 4. The maximum Gasteiger partial charge on any atom is 0.241 e. The second-order valence-corrected chi connectivity index (χ2v) is 6.48. The van der Waals surface area contributed by atoms with Crippen molar-refractivity contribution in [1.82, 2.24) is 4.72 Å². The lowest BCUT2D eigenvalue weighted by Gasteiger charge is -2.11. The molecule has 0 bridgehead atoms. The van der Waals surface area contributed by atoms with E-state index in [4.69, 9.17) is 11.6 Å². The molecule has 0 aliphatic rings. The van der Waals surface area contributed by atoms with E-state index in [9.17, 15) is 8.42 Å². The maximum atomic E-state index is 11.9. The molecule has 0 spiro atoms. The summed E-state index contributed by atoms with van der Waals surface area (Å²) in [6.45, 7) is 3.55. The van der Waals surface area contributed by atoms with Crippen LogP contribution >= 0.6 is 27.5 Å². The minimum absolute atomic E-state index is 0.135. The summed E-state index contributed by atoms with van der Waals surface area (Å²) in [6, 6.07) is 4.82. The Morgan fingerprint density at radius 1 is 1.44 bits per heavy atom. The van der Waals surface area contributed by atoms with E-state index in [1.807, 2.05) is 0 Å². The molecule has 6 heteroatoms. The van der Waals surface area contributed by atoms with Gasteiger partial charge in [0.05, 0.1) is 4.90 Å². The molecule has 1 rings (SSSR count). The zero-order valence-corrected chi connectivity index (χ0v) is 12.2. The lowest BCUT2D eigenvalue weighted by atomic mass is 10.2. The van der Waals surface area contributed by atoms with E-state index >= 15 is 0 Å². The Labute approximate surface area is 109 Å². The summed E-state index contributed by atoms with van der Waals surface area (Å²) >= 11 is 8.90. The molecule has 0 radical (unpaired) electrons. The standard InChI is InChI=1S/C10H13BrClNO2S/c1-7(2)13-16(14,15)10-4-3-8(6-12)5-9(10)11/h3-5,7,13H,6H2,1-2H3. The molecule has 90 valence electrons. The van der Waals surface area contributed by atoms with E-state index in [-0.39, 0.29) is 10.9 Å². The van der Waals surface area contributed by atoms with Gasteiger partial charge in [-0.1, -0.05) is 6.07 Å². The fourth-order valence-corrected chi connectivity index (χ4v) is 3.76. The first-order chi connectivity index (χ1) is 7.36. The Bertz CT molecular complexity index is 474. The summed E-state index contributed by atoms with van der Waals surface area (Å²) in [5.41, 5.74) is 0.872. The monoisotopic (exact) mass is 325 g/mol.